The highest BCUT2D eigenvalue weighted by molar-refractivity contribution is 4.52. The SMILES string of the molecule is C[C@@H](O)CCCCCCCCCCCCCC[C@@H](C)O. The highest BCUT2D eigenvalue weighted by Crippen LogP contribution is 2.13. The first-order valence-electron chi connectivity index (χ1n) is 8.99. The lowest BCUT2D eigenvalue weighted by atomic mass is 10.0. The molecule has 0 spiro atoms. The zero-order valence-electron chi connectivity index (χ0n) is 13.9. The standard InChI is InChI=1S/C18H38O2/c1-17(19)15-13-11-9-7-5-3-4-6-8-10-12-14-16-18(2)20/h17-20H,3-16H2,1-2H3/t17-,18-/m1/s1. The summed E-state index contributed by atoms with van der Waals surface area (Å²) in [7, 11) is 0. The number of hydrogen-bond acceptors (Lipinski definition) is 2. The Morgan fingerprint density at radius 1 is 0.450 bits per heavy atom. The van der Waals surface area contributed by atoms with E-state index >= 15 is 0 Å². The molecule has 0 bridgehead atoms. The van der Waals surface area contributed by atoms with Crippen LogP contribution < -0.4 is 0 Å². The predicted octanol–water partition coefficient (Wildman–Crippen LogP) is 5.21. The van der Waals surface area contributed by atoms with E-state index in [4.69, 9.17) is 10.2 Å². The first kappa shape index (κ1) is 19.9. The first-order chi connectivity index (χ1) is 9.63. The quantitative estimate of drug-likeness (QED) is 0.406. The lowest BCUT2D eigenvalue weighted by Gasteiger charge is -2.05. The van der Waals surface area contributed by atoms with E-state index in [1.807, 2.05) is 13.8 Å². The summed E-state index contributed by atoms with van der Waals surface area (Å²) in [4.78, 5) is 0. The molecule has 122 valence electrons. The molecule has 0 aliphatic heterocycles. The Bertz CT molecular complexity index is 158. The van der Waals surface area contributed by atoms with Gasteiger partial charge in [-0.2, -0.15) is 0 Å². The number of aliphatic hydroxyl groups excluding tert-OH is 2. The van der Waals surface area contributed by atoms with E-state index in [9.17, 15) is 0 Å². The van der Waals surface area contributed by atoms with Crippen molar-refractivity contribution in [3.63, 3.8) is 0 Å². The smallest absolute Gasteiger partial charge is 0.0512 e. The number of rotatable bonds is 15. The van der Waals surface area contributed by atoms with E-state index in [-0.39, 0.29) is 12.2 Å². The molecule has 0 unspecified atom stereocenters. The lowest BCUT2D eigenvalue weighted by molar-refractivity contribution is 0.179. The molecule has 0 aromatic rings. The molecule has 2 atom stereocenters. The monoisotopic (exact) mass is 286 g/mol. The van der Waals surface area contributed by atoms with Crippen LogP contribution in [-0.4, -0.2) is 22.4 Å². The molecule has 20 heavy (non-hydrogen) atoms. The minimum absolute atomic E-state index is 0.115. The van der Waals surface area contributed by atoms with Crippen molar-refractivity contribution in [2.45, 2.75) is 116 Å². The molecule has 0 fully saturated rings. The van der Waals surface area contributed by atoms with Crippen molar-refractivity contribution in [3.8, 4) is 0 Å². The summed E-state index contributed by atoms with van der Waals surface area (Å²) in [6, 6.07) is 0. The minimum atomic E-state index is -0.115. The number of hydrogen-bond donors (Lipinski definition) is 2. The van der Waals surface area contributed by atoms with Crippen molar-refractivity contribution in [1.82, 2.24) is 0 Å². The minimum Gasteiger partial charge on any atom is -0.393 e. The zero-order chi connectivity index (χ0) is 15.1. The maximum absolute atomic E-state index is 9.14. The fourth-order valence-electron chi connectivity index (χ4n) is 2.65. The van der Waals surface area contributed by atoms with Crippen molar-refractivity contribution < 1.29 is 10.2 Å². The van der Waals surface area contributed by atoms with Gasteiger partial charge in [0.15, 0.2) is 0 Å². The maximum atomic E-state index is 9.14. The second-order valence-electron chi connectivity index (χ2n) is 6.52. The summed E-state index contributed by atoms with van der Waals surface area (Å²) in [5.41, 5.74) is 0. The van der Waals surface area contributed by atoms with E-state index < -0.39 is 0 Å². The van der Waals surface area contributed by atoms with Crippen LogP contribution in [0.4, 0.5) is 0 Å². The van der Waals surface area contributed by atoms with Gasteiger partial charge in [-0.1, -0.05) is 77.0 Å². The Balaban J connectivity index is 2.96. The van der Waals surface area contributed by atoms with E-state index in [1.165, 1.54) is 77.0 Å². The van der Waals surface area contributed by atoms with Crippen LogP contribution in [0.5, 0.6) is 0 Å². The predicted molar refractivity (Wildman–Crippen MR) is 88.0 cm³/mol. The van der Waals surface area contributed by atoms with Crippen molar-refractivity contribution in [1.29, 1.82) is 0 Å². The molecule has 2 N–H and O–H groups in total. The Kier molecular flexibility index (Phi) is 15.3. The fraction of sp³-hybridized carbons (Fsp3) is 1.00. The van der Waals surface area contributed by atoms with Crippen molar-refractivity contribution >= 4 is 0 Å². The van der Waals surface area contributed by atoms with Gasteiger partial charge in [-0.25, -0.2) is 0 Å². The van der Waals surface area contributed by atoms with Gasteiger partial charge in [0.05, 0.1) is 12.2 Å². The second kappa shape index (κ2) is 15.3. The second-order valence-corrected chi connectivity index (χ2v) is 6.52. The molecule has 0 aromatic heterocycles. The number of aliphatic hydroxyl groups is 2. The Morgan fingerprint density at radius 2 is 0.650 bits per heavy atom. The summed E-state index contributed by atoms with van der Waals surface area (Å²) >= 11 is 0. The summed E-state index contributed by atoms with van der Waals surface area (Å²) in [5, 5.41) is 18.3. The fourth-order valence-corrected chi connectivity index (χ4v) is 2.65. The van der Waals surface area contributed by atoms with E-state index in [1.54, 1.807) is 0 Å². The van der Waals surface area contributed by atoms with Gasteiger partial charge in [0.25, 0.3) is 0 Å². The first-order valence-corrected chi connectivity index (χ1v) is 8.99. The van der Waals surface area contributed by atoms with E-state index in [2.05, 4.69) is 0 Å². The summed E-state index contributed by atoms with van der Waals surface area (Å²) in [5.74, 6) is 0. The molecule has 0 amide bonds. The zero-order valence-corrected chi connectivity index (χ0v) is 13.9. The molecule has 0 radical (unpaired) electrons. The molecular formula is C18H38O2. The van der Waals surface area contributed by atoms with Crippen molar-refractivity contribution in [2.24, 2.45) is 0 Å². The van der Waals surface area contributed by atoms with Crippen LogP contribution in [0.3, 0.4) is 0 Å². The van der Waals surface area contributed by atoms with Crippen molar-refractivity contribution in [3.05, 3.63) is 0 Å². The lowest BCUT2D eigenvalue weighted by Crippen LogP contribution is -1.98. The van der Waals surface area contributed by atoms with Crippen LogP contribution >= 0.6 is 0 Å². The van der Waals surface area contributed by atoms with E-state index in [0.717, 1.165) is 12.8 Å². The third-order valence-electron chi connectivity index (χ3n) is 3.99. The van der Waals surface area contributed by atoms with Gasteiger partial charge < -0.3 is 10.2 Å². The molecule has 0 saturated carbocycles. The van der Waals surface area contributed by atoms with Gasteiger partial charge in [-0.05, 0) is 26.7 Å². The van der Waals surface area contributed by atoms with Crippen molar-refractivity contribution in [2.75, 3.05) is 0 Å². The van der Waals surface area contributed by atoms with Gasteiger partial charge in [0.2, 0.25) is 0 Å². The summed E-state index contributed by atoms with van der Waals surface area (Å²) < 4.78 is 0. The molecule has 0 saturated heterocycles. The molecule has 2 nitrogen and oxygen atoms in total. The van der Waals surface area contributed by atoms with Crippen LogP contribution in [0.25, 0.3) is 0 Å². The number of unbranched alkanes of at least 4 members (excludes halogenated alkanes) is 11. The average Bonchev–Trinajstić information content (AvgIpc) is 2.38. The van der Waals surface area contributed by atoms with Crippen LogP contribution in [-0.2, 0) is 0 Å². The molecule has 0 aliphatic rings. The Morgan fingerprint density at radius 3 is 0.850 bits per heavy atom. The normalized spacial score (nSPS) is 14.4. The molecule has 2 heteroatoms. The largest absolute Gasteiger partial charge is 0.393 e. The summed E-state index contributed by atoms with van der Waals surface area (Å²) in [6.07, 6.45) is 17.6. The third-order valence-corrected chi connectivity index (χ3v) is 3.99. The Labute approximate surface area is 127 Å². The molecule has 0 aromatic carbocycles. The van der Waals surface area contributed by atoms with Gasteiger partial charge >= 0.3 is 0 Å². The molecule has 0 aliphatic carbocycles. The average molecular weight is 286 g/mol. The van der Waals surface area contributed by atoms with Gasteiger partial charge in [-0.3, -0.25) is 0 Å². The van der Waals surface area contributed by atoms with Crippen LogP contribution in [0.2, 0.25) is 0 Å². The Hall–Kier alpha value is -0.0800. The van der Waals surface area contributed by atoms with Gasteiger partial charge in [-0.15, -0.1) is 0 Å². The van der Waals surface area contributed by atoms with Crippen LogP contribution in [0, 0.1) is 0 Å². The molecule has 0 rings (SSSR count). The van der Waals surface area contributed by atoms with Gasteiger partial charge in [0, 0.05) is 0 Å². The maximum Gasteiger partial charge on any atom is 0.0512 e. The van der Waals surface area contributed by atoms with E-state index in [0.29, 0.717) is 0 Å². The highest BCUT2D eigenvalue weighted by atomic mass is 16.3. The molecular weight excluding hydrogens is 248 g/mol. The third kappa shape index (κ3) is 17.9. The van der Waals surface area contributed by atoms with Crippen LogP contribution in [0.15, 0.2) is 0 Å². The summed E-state index contributed by atoms with van der Waals surface area (Å²) in [6.45, 7) is 3.76. The highest BCUT2D eigenvalue weighted by Gasteiger charge is 1.97. The van der Waals surface area contributed by atoms with Crippen LogP contribution in [0.1, 0.15) is 104 Å². The molecule has 0 heterocycles. The topological polar surface area (TPSA) is 40.5 Å². The van der Waals surface area contributed by atoms with Gasteiger partial charge in [0.1, 0.15) is 0 Å².